The van der Waals surface area contributed by atoms with Crippen LogP contribution in [0.2, 0.25) is 0 Å². The van der Waals surface area contributed by atoms with E-state index in [1.54, 1.807) is 10.9 Å². The Morgan fingerprint density at radius 2 is 2.08 bits per heavy atom. The molecule has 9 heteroatoms. The molecule has 26 heavy (non-hydrogen) atoms. The van der Waals surface area contributed by atoms with Crippen LogP contribution in [0.5, 0.6) is 0 Å². The molecule has 1 saturated heterocycles. The Morgan fingerprint density at radius 1 is 1.19 bits per heavy atom. The second-order valence-corrected chi connectivity index (χ2v) is 7.98. The van der Waals surface area contributed by atoms with Crippen LogP contribution in [-0.2, 0) is 4.74 Å². The van der Waals surface area contributed by atoms with Gasteiger partial charge < -0.3 is 20.3 Å². The predicted octanol–water partition coefficient (Wildman–Crippen LogP) is 1.28. The largest absolute Gasteiger partial charge is 0.387 e. The number of hydrogen-bond donors (Lipinski definition) is 3. The maximum atomic E-state index is 10.3. The quantitative estimate of drug-likeness (QED) is 0.687. The first-order valence-electron chi connectivity index (χ1n) is 9.17. The summed E-state index contributed by atoms with van der Waals surface area (Å²) in [4.78, 5) is 13.2. The summed E-state index contributed by atoms with van der Waals surface area (Å²) in [5.74, 6) is 2.37. The molecular weight excluding hydrogens is 358 g/mol. The van der Waals surface area contributed by atoms with Gasteiger partial charge in [0.1, 0.15) is 24.6 Å². The number of ether oxygens (including phenoxy) is 1. The van der Waals surface area contributed by atoms with Crippen LogP contribution in [0.15, 0.2) is 12.7 Å². The molecule has 2 aromatic heterocycles. The molecular formula is C17H22ClN5O3. The first kappa shape index (κ1) is 16.7. The number of rotatable bonds is 4. The van der Waals surface area contributed by atoms with E-state index in [0.29, 0.717) is 28.9 Å². The number of aliphatic hydroxyl groups is 2. The van der Waals surface area contributed by atoms with Gasteiger partial charge in [0.15, 0.2) is 23.2 Å². The minimum Gasteiger partial charge on any atom is -0.387 e. The number of alkyl halides is 1. The van der Waals surface area contributed by atoms with E-state index in [9.17, 15) is 10.2 Å². The highest BCUT2D eigenvalue weighted by Gasteiger charge is 2.44. The van der Waals surface area contributed by atoms with Gasteiger partial charge in [-0.2, -0.15) is 0 Å². The van der Waals surface area contributed by atoms with Crippen LogP contribution in [0.3, 0.4) is 0 Å². The second kappa shape index (κ2) is 6.30. The number of aromatic nitrogens is 4. The summed E-state index contributed by atoms with van der Waals surface area (Å²) in [7, 11) is 0. The van der Waals surface area contributed by atoms with Crippen molar-refractivity contribution in [3.63, 3.8) is 0 Å². The molecule has 0 radical (unpaired) electrons. The van der Waals surface area contributed by atoms with Gasteiger partial charge in [-0.3, -0.25) is 4.57 Å². The molecule has 3 heterocycles. The van der Waals surface area contributed by atoms with E-state index < -0.39 is 24.5 Å². The minimum absolute atomic E-state index is 0.105. The van der Waals surface area contributed by atoms with Crippen molar-refractivity contribution in [2.24, 2.45) is 11.8 Å². The molecule has 0 amide bonds. The Bertz CT molecular complexity index is 817. The number of halogens is 1. The van der Waals surface area contributed by atoms with Crippen molar-refractivity contribution in [3.05, 3.63) is 12.7 Å². The maximum Gasteiger partial charge on any atom is 0.167 e. The van der Waals surface area contributed by atoms with Gasteiger partial charge in [0.25, 0.3) is 0 Å². The van der Waals surface area contributed by atoms with Crippen molar-refractivity contribution >= 4 is 28.6 Å². The molecule has 3 N–H and O–H groups in total. The molecule has 7 atom stereocenters. The maximum absolute atomic E-state index is 10.3. The molecule has 2 aliphatic carbocycles. The van der Waals surface area contributed by atoms with Crippen molar-refractivity contribution in [2.45, 2.75) is 56.3 Å². The average Bonchev–Trinajstić information content (AvgIpc) is 3.41. The van der Waals surface area contributed by atoms with E-state index in [4.69, 9.17) is 16.3 Å². The molecule has 0 aromatic carbocycles. The molecule has 8 nitrogen and oxygen atoms in total. The van der Waals surface area contributed by atoms with Crippen LogP contribution >= 0.6 is 11.6 Å². The van der Waals surface area contributed by atoms with Gasteiger partial charge in [0.2, 0.25) is 0 Å². The van der Waals surface area contributed by atoms with Crippen molar-refractivity contribution in [1.29, 1.82) is 0 Å². The lowest BCUT2D eigenvalue weighted by Gasteiger charge is -2.23. The van der Waals surface area contributed by atoms with Crippen molar-refractivity contribution in [1.82, 2.24) is 19.5 Å². The van der Waals surface area contributed by atoms with Gasteiger partial charge in [-0.15, -0.1) is 11.6 Å². The zero-order chi connectivity index (χ0) is 17.8. The molecule has 0 spiro atoms. The Balaban J connectivity index is 1.44. The first-order valence-corrected chi connectivity index (χ1v) is 9.70. The van der Waals surface area contributed by atoms with Crippen molar-refractivity contribution in [3.8, 4) is 0 Å². The molecule has 2 bridgehead atoms. The Morgan fingerprint density at radius 3 is 2.77 bits per heavy atom. The zero-order valence-electron chi connectivity index (χ0n) is 14.2. The van der Waals surface area contributed by atoms with Gasteiger partial charge >= 0.3 is 0 Å². The summed E-state index contributed by atoms with van der Waals surface area (Å²) in [5.41, 5.74) is 1.21. The molecule has 5 rings (SSSR count). The van der Waals surface area contributed by atoms with Gasteiger partial charge in [-0.1, -0.05) is 6.42 Å². The van der Waals surface area contributed by atoms with Gasteiger partial charge in [0, 0.05) is 6.04 Å². The van der Waals surface area contributed by atoms with E-state index in [1.807, 2.05) is 0 Å². The van der Waals surface area contributed by atoms with Gasteiger partial charge in [-0.05, 0) is 31.1 Å². The number of nitrogens with zero attached hydrogens (tertiary/aromatic N) is 4. The van der Waals surface area contributed by atoms with Crippen LogP contribution in [0.25, 0.3) is 11.2 Å². The predicted molar refractivity (Wildman–Crippen MR) is 94.8 cm³/mol. The van der Waals surface area contributed by atoms with Crippen LogP contribution in [0.4, 0.5) is 5.82 Å². The standard InChI is InChI=1S/C17H22ClN5O3/c18-5-11-13(24)14(25)17(26-11)23-7-21-12-15(19-6-20-16(12)23)22-10-4-8-1-2-9(10)3-8/h6-11,13-14,17,24-25H,1-5H2,(H,19,20,22)/t8-,9+,10-,11-,13-,14-,17-/m1/s1. The molecule has 140 valence electrons. The zero-order valence-corrected chi connectivity index (χ0v) is 15.0. The van der Waals surface area contributed by atoms with E-state index in [2.05, 4.69) is 20.3 Å². The van der Waals surface area contributed by atoms with Crippen LogP contribution < -0.4 is 5.32 Å². The lowest BCUT2D eigenvalue weighted by Crippen LogP contribution is -2.32. The fourth-order valence-electron chi connectivity index (χ4n) is 4.83. The molecule has 2 aromatic rings. The van der Waals surface area contributed by atoms with Crippen LogP contribution in [0, 0.1) is 11.8 Å². The third-order valence-electron chi connectivity index (χ3n) is 6.18. The van der Waals surface area contributed by atoms with Crippen molar-refractivity contribution < 1.29 is 14.9 Å². The molecule has 3 fully saturated rings. The fraction of sp³-hybridized carbons (Fsp3) is 0.706. The summed E-state index contributed by atoms with van der Waals surface area (Å²) in [6.07, 6.45) is 4.66. The summed E-state index contributed by atoms with van der Waals surface area (Å²) >= 11 is 5.81. The van der Waals surface area contributed by atoms with E-state index in [0.717, 1.165) is 5.92 Å². The summed E-state index contributed by atoms with van der Waals surface area (Å²) in [5, 5.41) is 23.9. The highest BCUT2D eigenvalue weighted by atomic mass is 35.5. The smallest absolute Gasteiger partial charge is 0.167 e. The lowest BCUT2D eigenvalue weighted by molar-refractivity contribution is -0.0291. The lowest BCUT2D eigenvalue weighted by atomic mass is 9.95. The highest BCUT2D eigenvalue weighted by Crippen LogP contribution is 2.45. The number of anilines is 1. The minimum atomic E-state index is -1.09. The number of nitrogens with one attached hydrogen (secondary N) is 1. The monoisotopic (exact) mass is 379 g/mol. The first-order chi connectivity index (χ1) is 12.7. The van der Waals surface area contributed by atoms with Crippen LogP contribution in [-0.4, -0.2) is 60.0 Å². The Labute approximate surface area is 155 Å². The normalized spacial score (nSPS) is 39.1. The summed E-state index contributed by atoms with van der Waals surface area (Å²) in [6.45, 7) is 0. The molecule has 1 aliphatic heterocycles. The average molecular weight is 380 g/mol. The third kappa shape index (κ3) is 2.51. The topological polar surface area (TPSA) is 105 Å². The third-order valence-corrected chi connectivity index (χ3v) is 6.49. The van der Waals surface area contributed by atoms with E-state index >= 15 is 0 Å². The Kier molecular flexibility index (Phi) is 4.04. The Hall–Kier alpha value is -1.48. The molecule has 0 unspecified atom stereocenters. The van der Waals surface area contributed by atoms with E-state index in [1.165, 1.54) is 32.0 Å². The summed E-state index contributed by atoms with van der Waals surface area (Å²) in [6, 6.07) is 0.438. The number of fused-ring (bicyclic) bond motifs is 3. The second-order valence-electron chi connectivity index (χ2n) is 7.67. The number of aliphatic hydroxyl groups excluding tert-OH is 2. The number of hydrogen-bond acceptors (Lipinski definition) is 7. The summed E-state index contributed by atoms with van der Waals surface area (Å²) < 4.78 is 7.35. The highest BCUT2D eigenvalue weighted by molar-refractivity contribution is 6.18. The van der Waals surface area contributed by atoms with Gasteiger partial charge in [-0.25, -0.2) is 15.0 Å². The SMILES string of the molecule is O[C@@H]1[C@H](O)[C@@H](CCl)O[C@H]1n1cnc2c(N[C@@H]3C[C@@H]4CC[C@H]3C4)ncnc21. The van der Waals surface area contributed by atoms with Crippen molar-refractivity contribution in [2.75, 3.05) is 11.2 Å². The molecule has 2 saturated carbocycles. The van der Waals surface area contributed by atoms with Gasteiger partial charge in [0.05, 0.1) is 12.2 Å². The fourth-order valence-corrected chi connectivity index (χ4v) is 5.08. The van der Waals surface area contributed by atoms with Crippen LogP contribution in [0.1, 0.15) is 31.9 Å². The number of imidazole rings is 1. The van der Waals surface area contributed by atoms with E-state index in [-0.39, 0.29) is 5.88 Å². The molecule has 3 aliphatic rings.